The third-order valence-corrected chi connectivity index (χ3v) is 3.10. The van der Waals surface area contributed by atoms with Gasteiger partial charge in [0, 0.05) is 16.1 Å². The Hall–Kier alpha value is -1.62. The predicted molar refractivity (Wildman–Crippen MR) is 72.0 cm³/mol. The molecule has 0 saturated carbocycles. The average Bonchev–Trinajstić information content (AvgIpc) is 2.39. The maximum atomic E-state index is 11.9. The molecule has 0 aliphatic carbocycles. The Morgan fingerprint density at radius 2 is 2.28 bits per heavy atom. The summed E-state index contributed by atoms with van der Waals surface area (Å²) in [6, 6.07) is 5.33. The molecule has 1 aromatic carbocycles. The number of carbonyl (C=O) groups excluding carboxylic acids is 1. The Morgan fingerprint density at radius 3 is 2.94 bits per heavy atom. The van der Waals surface area contributed by atoms with E-state index in [2.05, 4.69) is 20.9 Å². The number of methoxy groups -OCH3 is 1. The van der Waals surface area contributed by atoms with Crippen LogP contribution in [0.2, 0.25) is 0 Å². The number of fused-ring (bicyclic) bond motifs is 1. The van der Waals surface area contributed by atoms with Crippen LogP contribution >= 0.6 is 15.9 Å². The molecule has 0 spiro atoms. The highest BCUT2D eigenvalue weighted by molar-refractivity contribution is 9.10. The van der Waals surface area contributed by atoms with Crippen LogP contribution < -0.4 is 4.74 Å². The first kappa shape index (κ1) is 12.8. The lowest BCUT2D eigenvalue weighted by Gasteiger charge is -2.11. The topological polar surface area (TPSA) is 48.4 Å². The Morgan fingerprint density at radius 1 is 1.50 bits per heavy atom. The molecule has 94 valence electrons. The van der Waals surface area contributed by atoms with E-state index in [-0.39, 0.29) is 0 Å². The number of aromatic nitrogens is 1. The minimum atomic E-state index is -0.402. The number of rotatable bonds is 3. The standard InChI is InChI=1S/C13H12BrNO3/c1-3-18-13(16)9-7-10(14)11-8(12(9)17-2)5-4-6-15-11/h4-7H,3H2,1-2H3. The van der Waals surface area contributed by atoms with E-state index in [1.807, 2.05) is 6.07 Å². The summed E-state index contributed by atoms with van der Waals surface area (Å²) in [5.41, 5.74) is 1.15. The first-order valence-electron chi connectivity index (χ1n) is 5.47. The highest BCUT2D eigenvalue weighted by Gasteiger charge is 2.18. The van der Waals surface area contributed by atoms with Crippen molar-refractivity contribution in [1.82, 2.24) is 4.98 Å². The highest BCUT2D eigenvalue weighted by Crippen LogP contribution is 2.34. The second-order valence-electron chi connectivity index (χ2n) is 3.56. The van der Waals surface area contributed by atoms with Crippen molar-refractivity contribution >= 4 is 32.8 Å². The van der Waals surface area contributed by atoms with E-state index in [9.17, 15) is 4.79 Å². The zero-order chi connectivity index (χ0) is 13.1. The van der Waals surface area contributed by atoms with Gasteiger partial charge in [0.05, 0.1) is 19.2 Å². The van der Waals surface area contributed by atoms with Gasteiger partial charge >= 0.3 is 5.97 Å². The summed E-state index contributed by atoms with van der Waals surface area (Å²) < 4.78 is 11.1. The number of ether oxygens (including phenoxy) is 2. The van der Waals surface area contributed by atoms with E-state index < -0.39 is 5.97 Å². The number of nitrogens with zero attached hydrogens (tertiary/aromatic N) is 1. The fourth-order valence-electron chi connectivity index (χ4n) is 1.76. The van der Waals surface area contributed by atoms with E-state index in [1.54, 1.807) is 25.3 Å². The van der Waals surface area contributed by atoms with Crippen LogP contribution in [0.5, 0.6) is 5.75 Å². The highest BCUT2D eigenvalue weighted by atomic mass is 79.9. The molecule has 0 radical (unpaired) electrons. The minimum Gasteiger partial charge on any atom is -0.495 e. The normalized spacial score (nSPS) is 10.4. The molecule has 0 aliphatic rings. The molecule has 18 heavy (non-hydrogen) atoms. The molecule has 0 saturated heterocycles. The van der Waals surface area contributed by atoms with Gasteiger partial charge in [-0.3, -0.25) is 4.98 Å². The maximum absolute atomic E-state index is 11.9. The van der Waals surface area contributed by atoms with Crippen molar-refractivity contribution in [3.05, 3.63) is 34.4 Å². The van der Waals surface area contributed by atoms with E-state index in [4.69, 9.17) is 9.47 Å². The number of hydrogen-bond acceptors (Lipinski definition) is 4. The smallest absolute Gasteiger partial charge is 0.341 e. The lowest BCUT2D eigenvalue weighted by molar-refractivity contribution is 0.0523. The fraction of sp³-hybridized carbons (Fsp3) is 0.231. The lowest BCUT2D eigenvalue weighted by atomic mass is 10.1. The van der Waals surface area contributed by atoms with Gasteiger partial charge in [-0.15, -0.1) is 0 Å². The third kappa shape index (κ3) is 2.18. The number of halogens is 1. The van der Waals surface area contributed by atoms with Crippen LogP contribution in [0.4, 0.5) is 0 Å². The molecule has 0 amide bonds. The molecule has 0 fully saturated rings. The summed E-state index contributed by atoms with van der Waals surface area (Å²) in [7, 11) is 1.53. The van der Waals surface area contributed by atoms with Crippen molar-refractivity contribution in [1.29, 1.82) is 0 Å². The summed E-state index contributed by atoms with van der Waals surface area (Å²) in [5.74, 6) is 0.0838. The van der Waals surface area contributed by atoms with Crippen LogP contribution in [0.25, 0.3) is 10.9 Å². The zero-order valence-corrected chi connectivity index (χ0v) is 11.7. The molecule has 1 heterocycles. The van der Waals surface area contributed by atoms with Gasteiger partial charge in [0.1, 0.15) is 11.3 Å². The number of benzene rings is 1. The molecule has 0 aliphatic heterocycles. The number of esters is 1. The third-order valence-electron chi connectivity index (χ3n) is 2.49. The molecular weight excluding hydrogens is 298 g/mol. The van der Waals surface area contributed by atoms with Gasteiger partial charge in [-0.25, -0.2) is 4.79 Å². The number of hydrogen-bond donors (Lipinski definition) is 0. The molecule has 0 atom stereocenters. The van der Waals surface area contributed by atoms with Crippen LogP contribution in [0.1, 0.15) is 17.3 Å². The van der Waals surface area contributed by atoms with Gasteiger partial charge in [0.15, 0.2) is 0 Å². The summed E-state index contributed by atoms with van der Waals surface area (Å²) >= 11 is 3.40. The Bertz CT molecular complexity index is 598. The summed E-state index contributed by atoms with van der Waals surface area (Å²) in [6.07, 6.45) is 1.69. The van der Waals surface area contributed by atoms with E-state index in [0.29, 0.717) is 17.9 Å². The SMILES string of the molecule is CCOC(=O)c1cc(Br)c2ncccc2c1OC. The van der Waals surface area contributed by atoms with Gasteiger partial charge in [-0.2, -0.15) is 0 Å². The van der Waals surface area contributed by atoms with E-state index in [1.165, 1.54) is 7.11 Å². The number of carbonyl (C=O) groups is 1. The van der Waals surface area contributed by atoms with Gasteiger partial charge in [0.25, 0.3) is 0 Å². The molecule has 1 aromatic heterocycles. The summed E-state index contributed by atoms with van der Waals surface area (Å²) in [5, 5.41) is 0.775. The predicted octanol–water partition coefficient (Wildman–Crippen LogP) is 3.18. The number of pyridine rings is 1. The zero-order valence-electron chi connectivity index (χ0n) is 10.1. The van der Waals surface area contributed by atoms with Crippen LogP contribution in [0.3, 0.4) is 0 Å². The molecule has 0 bridgehead atoms. The van der Waals surface area contributed by atoms with Crippen LogP contribution in [0, 0.1) is 0 Å². The first-order chi connectivity index (χ1) is 8.69. The first-order valence-corrected chi connectivity index (χ1v) is 6.26. The molecule has 2 aromatic rings. The van der Waals surface area contributed by atoms with Gasteiger partial charge in [0.2, 0.25) is 0 Å². The van der Waals surface area contributed by atoms with Gasteiger partial charge in [-0.05, 0) is 41.1 Å². The molecule has 0 unspecified atom stereocenters. The van der Waals surface area contributed by atoms with Crippen molar-refractivity contribution in [2.75, 3.05) is 13.7 Å². The van der Waals surface area contributed by atoms with Gasteiger partial charge < -0.3 is 9.47 Å². The minimum absolute atomic E-state index is 0.324. The van der Waals surface area contributed by atoms with Crippen LogP contribution in [-0.2, 0) is 4.74 Å². The largest absolute Gasteiger partial charge is 0.495 e. The summed E-state index contributed by atoms with van der Waals surface area (Å²) in [6.45, 7) is 2.09. The quantitative estimate of drug-likeness (QED) is 0.817. The Labute approximate surface area is 113 Å². The Kier molecular flexibility index (Phi) is 3.81. The second-order valence-corrected chi connectivity index (χ2v) is 4.41. The van der Waals surface area contributed by atoms with Crippen molar-refractivity contribution in [3.63, 3.8) is 0 Å². The second kappa shape index (κ2) is 5.35. The van der Waals surface area contributed by atoms with Crippen molar-refractivity contribution in [2.24, 2.45) is 0 Å². The lowest BCUT2D eigenvalue weighted by Crippen LogP contribution is -2.07. The summed E-state index contributed by atoms with van der Waals surface area (Å²) in [4.78, 5) is 16.1. The van der Waals surface area contributed by atoms with E-state index >= 15 is 0 Å². The van der Waals surface area contributed by atoms with Crippen molar-refractivity contribution in [3.8, 4) is 5.75 Å². The van der Waals surface area contributed by atoms with E-state index in [0.717, 1.165) is 15.4 Å². The van der Waals surface area contributed by atoms with Crippen molar-refractivity contribution in [2.45, 2.75) is 6.92 Å². The monoisotopic (exact) mass is 309 g/mol. The molecule has 2 rings (SSSR count). The average molecular weight is 310 g/mol. The fourth-order valence-corrected chi connectivity index (χ4v) is 2.31. The van der Waals surface area contributed by atoms with Crippen LogP contribution in [0.15, 0.2) is 28.9 Å². The Balaban J connectivity index is 2.71. The maximum Gasteiger partial charge on any atom is 0.341 e. The molecule has 0 N–H and O–H groups in total. The molecule has 4 nitrogen and oxygen atoms in total. The van der Waals surface area contributed by atoms with Gasteiger partial charge in [-0.1, -0.05) is 0 Å². The molecular formula is C13H12BrNO3. The van der Waals surface area contributed by atoms with Crippen molar-refractivity contribution < 1.29 is 14.3 Å². The molecule has 5 heteroatoms. The van der Waals surface area contributed by atoms with Crippen LogP contribution in [-0.4, -0.2) is 24.7 Å².